The first-order valence-electron chi connectivity index (χ1n) is 9.96. The maximum absolute atomic E-state index is 13.3. The molecule has 6 nitrogen and oxygen atoms in total. The zero-order valence-corrected chi connectivity index (χ0v) is 18.7. The normalized spacial score (nSPS) is 14.9. The van der Waals surface area contributed by atoms with Crippen molar-refractivity contribution in [2.24, 2.45) is 0 Å². The number of amides is 1. The van der Waals surface area contributed by atoms with E-state index in [1.54, 1.807) is 6.92 Å². The third kappa shape index (κ3) is 5.96. The predicted octanol–water partition coefficient (Wildman–Crippen LogP) is 4.27. The van der Waals surface area contributed by atoms with E-state index in [-0.39, 0.29) is 16.3 Å². The Kier molecular flexibility index (Phi) is 7.90. The summed E-state index contributed by atoms with van der Waals surface area (Å²) >= 11 is 1.04. The van der Waals surface area contributed by atoms with Crippen molar-refractivity contribution >= 4 is 33.4 Å². The fraction of sp³-hybridized carbons (Fsp3) is 0.381. The summed E-state index contributed by atoms with van der Waals surface area (Å²) in [6.07, 6.45) is 2.65. The number of benzene rings is 2. The van der Waals surface area contributed by atoms with Gasteiger partial charge in [-0.1, -0.05) is 6.42 Å². The van der Waals surface area contributed by atoms with E-state index in [2.05, 4.69) is 5.32 Å². The Labute approximate surface area is 185 Å². The van der Waals surface area contributed by atoms with Crippen LogP contribution in [0.1, 0.15) is 26.2 Å². The van der Waals surface area contributed by atoms with Crippen molar-refractivity contribution < 1.29 is 26.7 Å². The van der Waals surface area contributed by atoms with Gasteiger partial charge in [0.2, 0.25) is 15.9 Å². The summed E-state index contributed by atoms with van der Waals surface area (Å²) in [6.45, 7) is 3.07. The van der Waals surface area contributed by atoms with Gasteiger partial charge in [0.1, 0.15) is 5.75 Å². The fourth-order valence-electron chi connectivity index (χ4n) is 3.20. The van der Waals surface area contributed by atoms with E-state index in [4.69, 9.17) is 4.74 Å². The van der Waals surface area contributed by atoms with E-state index in [1.807, 2.05) is 0 Å². The van der Waals surface area contributed by atoms with Gasteiger partial charge < -0.3 is 10.1 Å². The van der Waals surface area contributed by atoms with Crippen LogP contribution in [0.25, 0.3) is 0 Å². The Morgan fingerprint density at radius 1 is 1.10 bits per heavy atom. The standard InChI is InChI=1S/C21H24F2N2O4S2/c1-2-29-20-9-7-16(31(27,28)25-10-4-3-5-11-25)13-19(20)24-21(26)14-30-15-6-8-17(22)18(23)12-15/h6-9,12-13H,2-5,10-11,14H2,1H3,(H,24,26). The molecule has 168 valence electrons. The van der Waals surface area contributed by atoms with Crippen LogP contribution in [0.3, 0.4) is 0 Å². The molecule has 1 saturated heterocycles. The van der Waals surface area contributed by atoms with Gasteiger partial charge >= 0.3 is 0 Å². The molecule has 1 N–H and O–H groups in total. The van der Waals surface area contributed by atoms with Crippen molar-refractivity contribution in [3.8, 4) is 5.75 Å². The highest BCUT2D eigenvalue weighted by molar-refractivity contribution is 8.00. The Balaban J connectivity index is 1.75. The molecule has 0 aliphatic carbocycles. The first-order chi connectivity index (χ1) is 14.8. The Hall–Kier alpha value is -2.17. The van der Waals surface area contributed by atoms with Crippen molar-refractivity contribution in [2.75, 3.05) is 30.8 Å². The Morgan fingerprint density at radius 3 is 2.52 bits per heavy atom. The largest absolute Gasteiger partial charge is 0.492 e. The molecule has 1 aliphatic rings. The molecule has 0 aromatic heterocycles. The molecule has 3 rings (SSSR count). The number of rotatable bonds is 8. The third-order valence-corrected chi connectivity index (χ3v) is 7.63. The lowest BCUT2D eigenvalue weighted by molar-refractivity contribution is -0.113. The van der Waals surface area contributed by atoms with E-state index >= 15 is 0 Å². The summed E-state index contributed by atoms with van der Waals surface area (Å²) in [4.78, 5) is 12.9. The van der Waals surface area contributed by atoms with Gasteiger partial charge in [-0.25, -0.2) is 17.2 Å². The fourth-order valence-corrected chi connectivity index (χ4v) is 5.47. The van der Waals surface area contributed by atoms with Crippen LogP contribution in [0.2, 0.25) is 0 Å². The molecular weight excluding hydrogens is 446 g/mol. The average Bonchev–Trinajstić information content (AvgIpc) is 2.76. The third-order valence-electron chi connectivity index (χ3n) is 4.74. The zero-order valence-electron chi connectivity index (χ0n) is 17.1. The van der Waals surface area contributed by atoms with Crippen LogP contribution in [-0.2, 0) is 14.8 Å². The monoisotopic (exact) mass is 470 g/mol. The summed E-state index contributed by atoms with van der Waals surface area (Å²) in [5.41, 5.74) is 0.246. The summed E-state index contributed by atoms with van der Waals surface area (Å²) in [7, 11) is -3.67. The topological polar surface area (TPSA) is 75.7 Å². The van der Waals surface area contributed by atoms with Gasteiger partial charge in [0.05, 0.1) is 22.9 Å². The molecule has 2 aromatic rings. The second kappa shape index (κ2) is 10.4. The lowest BCUT2D eigenvalue weighted by Gasteiger charge is -2.26. The predicted molar refractivity (Wildman–Crippen MR) is 116 cm³/mol. The van der Waals surface area contributed by atoms with Gasteiger partial charge in [-0.05, 0) is 56.2 Å². The van der Waals surface area contributed by atoms with Crippen LogP contribution in [0.5, 0.6) is 5.75 Å². The van der Waals surface area contributed by atoms with Crippen molar-refractivity contribution in [1.82, 2.24) is 4.31 Å². The number of halogens is 2. The maximum atomic E-state index is 13.3. The van der Waals surface area contributed by atoms with Gasteiger partial charge in [0.15, 0.2) is 11.6 Å². The van der Waals surface area contributed by atoms with Crippen molar-refractivity contribution in [3.63, 3.8) is 0 Å². The Morgan fingerprint density at radius 2 is 1.84 bits per heavy atom. The number of thioether (sulfide) groups is 1. The van der Waals surface area contributed by atoms with E-state index in [9.17, 15) is 22.0 Å². The quantitative estimate of drug-likeness (QED) is 0.583. The number of sulfonamides is 1. The lowest BCUT2D eigenvalue weighted by Crippen LogP contribution is -2.35. The van der Waals surface area contributed by atoms with Crippen LogP contribution < -0.4 is 10.1 Å². The Bertz CT molecular complexity index is 1040. The SMILES string of the molecule is CCOc1ccc(S(=O)(=O)N2CCCCC2)cc1NC(=O)CSc1ccc(F)c(F)c1. The molecule has 1 aliphatic heterocycles. The number of nitrogens with zero attached hydrogens (tertiary/aromatic N) is 1. The number of anilines is 1. The number of ether oxygens (including phenoxy) is 1. The molecule has 31 heavy (non-hydrogen) atoms. The van der Waals surface area contributed by atoms with Crippen LogP contribution in [0, 0.1) is 11.6 Å². The van der Waals surface area contributed by atoms with Crippen molar-refractivity contribution in [1.29, 1.82) is 0 Å². The van der Waals surface area contributed by atoms with Crippen molar-refractivity contribution in [3.05, 3.63) is 48.0 Å². The second-order valence-electron chi connectivity index (χ2n) is 6.97. The van der Waals surface area contributed by atoms with Gasteiger partial charge in [-0.2, -0.15) is 4.31 Å². The number of hydrogen-bond acceptors (Lipinski definition) is 5. The first kappa shape index (κ1) is 23.5. The van der Waals surface area contributed by atoms with E-state index in [1.165, 1.54) is 28.6 Å². The molecule has 10 heteroatoms. The van der Waals surface area contributed by atoms with Crippen LogP contribution in [0.15, 0.2) is 46.2 Å². The minimum Gasteiger partial charge on any atom is -0.492 e. The second-order valence-corrected chi connectivity index (χ2v) is 9.96. The van der Waals surface area contributed by atoms with Gasteiger partial charge in [-0.3, -0.25) is 4.79 Å². The number of carbonyl (C=O) groups excluding carboxylic acids is 1. The molecular formula is C21H24F2N2O4S2. The number of piperidine rings is 1. The first-order valence-corrected chi connectivity index (χ1v) is 12.4. The number of hydrogen-bond donors (Lipinski definition) is 1. The molecule has 1 amide bonds. The van der Waals surface area contributed by atoms with Crippen LogP contribution >= 0.6 is 11.8 Å². The number of carbonyl (C=O) groups is 1. The highest BCUT2D eigenvalue weighted by Crippen LogP contribution is 2.31. The molecule has 0 atom stereocenters. The van der Waals surface area contributed by atoms with Gasteiger partial charge in [0.25, 0.3) is 0 Å². The maximum Gasteiger partial charge on any atom is 0.243 e. The zero-order chi connectivity index (χ0) is 22.4. The van der Waals surface area contributed by atoms with Crippen LogP contribution in [-0.4, -0.2) is 44.1 Å². The smallest absolute Gasteiger partial charge is 0.243 e. The highest BCUT2D eigenvalue weighted by atomic mass is 32.2. The molecule has 2 aromatic carbocycles. The van der Waals surface area contributed by atoms with Gasteiger partial charge in [0, 0.05) is 18.0 Å². The highest BCUT2D eigenvalue weighted by Gasteiger charge is 2.27. The molecule has 0 bridgehead atoms. The summed E-state index contributed by atoms with van der Waals surface area (Å²) in [5.74, 6) is -2.09. The molecule has 1 heterocycles. The van der Waals surface area contributed by atoms with Crippen LogP contribution in [0.4, 0.5) is 14.5 Å². The van der Waals surface area contributed by atoms with E-state index in [0.29, 0.717) is 30.3 Å². The van der Waals surface area contributed by atoms with Gasteiger partial charge in [-0.15, -0.1) is 11.8 Å². The summed E-state index contributed by atoms with van der Waals surface area (Å²) in [6, 6.07) is 7.80. The van der Waals surface area contributed by atoms with E-state index in [0.717, 1.165) is 43.2 Å². The minimum absolute atomic E-state index is 0.0697. The molecule has 0 spiro atoms. The molecule has 0 unspecified atom stereocenters. The summed E-state index contributed by atoms with van der Waals surface area (Å²) < 4.78 is 59.3. The molecule has 1 fully saturated rings. The minimum atomic E-state index is -3.67. The lowest BCUT2D eigenvalue weighted by atomic mass is 10.2. The molecule has 0 radical (unpaired) electrons. The summed E-state index contributed by atoms with van der Waals surface area (Å²) in [5, 5.41) is 2.67. The van der Waals surface area contributed by atoms with E-state index < -0.39 is 27.6 Å². The number of nitrogens with one attached hydrogen (secondary N) is 1. The average molecular weight is 471 g/mol. The molecule has 0 saturated carbocycles. The van der Waals surface area contributed by atoms with Crippen molar-refractivity contribution in [2.45, 2.75) is 36.0 Å².